The fraction of sp³-hybridized carbons (Fsp3) is 0.667. The molecule has 0 bridgehead atoms. The lowest BCUT2D eigenvalue weighted by atomic mass is 9.95. The molecule has 0 spiro atoms. The maximum atomic E-state index is 12.9. The molecular formula is C21H30F3N3O. The van der Waals surface area contributed by atoms with Crippen LogP contribution in [0.2, 0.25) is 0 Å². The molecule has 3 rings (SSSR count). The molecule has 0 radical (unpaired) electrons. The van der Waals surface area contributed by atoms with Crippen molar-refractivity contribution in [3.05, 3.63) is 35.4 Å². The second-order valence-electron chi connectivity index (χ2n) is 8.75. The Kier molecular flexibility index (Phi) is 6.34. The fourth-order valence-electron chi connectivity index (χ4n) is 4.79. The van der Waals surface area contributed by atoms with Crippen LogP contribution in [0.25, 0.3) is 0 Å². The van der Waals surface area contributed by atoms with Gasteiger partial charge < -0.3 is 11.1 Å². The van der Waals surface area contributed by atoms with Crippen molar-refractivity contribution in [1.29, 1.82) is 0 Å². The monoisotopic (exact) mass is 397 g/mol. The van der Waals surface area contributed by atoms with Gasteiger partial charge in [0.1, 0.15) is 0 Å². The molecule has 156 valence electrons. The Morgan fingerprint density at radius 2 is 2.04 bits per heavy atom. The third kappa shape index (κ3) is 5.06. The van der Waals surface area contributed by atoms with Crippen molar-refractivity contribution in [2.75, 3.05) is 13.1 Å². The van der Waals surface area contributed by atoms with Crippen LogP contribution >= 0.6 is 0 Å². The van der Waals surface area contributed by atoms with Crippen molar-refractivity contribution in [2.45, 2.75) is 57.9 Å². The Labute approximate surface area is 164 Å². The Morgan fingerprint density at radius 1 is 1.29 bits per heavy atom. The van der Waals surface area contributed by atoms with Crippen LogP contribution in [-0.2, 0) is 17.5 Å². The van der Waals surface area contributed by atoms with Gasteiger partial charge in [0.25, 0.3) is 0 Å². The predicted molar refractivity (Wildman–Crippen MR) is 102 cm³/mol. The largest absolute Gasteiger partial charge is 0.416 e. The molecule has 1 aliphatic heterocycles. The van der Waals surface area contributed by atoms with Gasteiger partial charge in [-0.15, -0.1) is 0 Å². The van der Waals surface area contributed by atoms with Crippen LogP contribution in [0.5, 0.6) is 0 Å². The number of benzene rings is 1. The van der Waals surface area contributed by atoms with E-state index < -0.39 is 11.7 Å². The average Bonchev–Trinajstić information content (AvgIpc) is 3.14. The number of primary amides is 1. The number of likely N-dealkylation sites (tertiary alicyclic amines) is 1. The van der Waals surface area contributed by atoms with Crippen molar-refractivity contribution >= 4 is 5.91 Å². The number of hydrogen-bond acceptors (Lipinski definition) is 3. The van der Waals surface area contributed by atoms with Gasteiger partial charge in [0.05, 0.1) is 11.6 Å². The quantitative estimate of drug-likeness (QED) is 0.741. The van der Waals surface area contributed by atoms with Crippen LogP contribution in [-0.4, -0.2) is 36.0 Å². The number of nitrogens with two attached hydrogens (primary N) is 1. The number of halogens is 3. The van der Waals surface area contributed by atoms with Crippen LogP contribution in [0.15, 0.2) is 24.3 Å². The highest BCUT2D eigenvalue weighted by Gasteiger charge is 2.43. The lowest BCUT2D eigenvalue weighted by Crippen LogP contribution is -2.49. The summed E-state index contributed by atoms with van der Waals surface area (Å²) in [5.41, 5.74) is 5.67. The standard InChI is InChI=1S/C21H30F3N3O/c1-13(2)8-19(20(25)28)26-18-7-6-15-11-27(12-17(15)18)10-14-4-3-5-16(9-14)21(22,23)24/h3-5,9,13,15,17-19,26H,6-8,10-12H2,1-2H3,(H2,25,28)/t15-,17+,18+,19+/m1/s1. The number of rotatable bonds is 7. The minimum atomic E-state index is -4.31. The fourth-order valence-corrected chi connectivity index (χ4v) is 4.79. The smallest absolute Gasteiger partial charge is 0.368 e. The predicted octanol–water partition coefficient (Wildman–Crippen LogP) is 3.41. The van der Waals surface area contributed by atoms with E-state index in [1.165, 1.54) is 12.1 Å². The maximum absolute atomic E-state index is 12.9. The highest BCUT2D eigenvalue weighted by atomic mass is 19.4. The van der Waals surface area contributed by atoms with E-state index in [1.54, 1.807) is 6.07 Å². The third-order valence-electron chi connectivity index (χ3n) is 6.06. The highest BCUT2D eigenvalue weighted by Crippen LogP contribution is 2.39. The number of hydrogen-bond donors (Lipinski definition) is 2. The normalized spacial score (nSPS) is 26.6. The Balaban J connectivity index is 1.61. The van der Waals surface area contributed by atoms with E-state index >= 15 is 0 Å². The molecule has 1 aromatic rings. The molecule has 2 aliphatic rings. The minimum Gasteiger partial charge on any atom is -0.368 e. The number of carbonyl (C=O) groups is 1. The van der Waals surface area contributed by atoms with E-state index in [2.05, 4.69) is 24.1 Å². The lowest BCUT2D eigenvalue weighted by Gasteiger charge is -2.26. The molecule has 1 aliphatic carbocycles. The van der Waals surface area contributed by atoms with Crippen LogP contribution in [0.1, 0.15) is 44.2 Å². The zero-order valence-electron chi connectivity index (χ0n) is 16.5. The van der Waals surface area contributed by atoms with E-state index in [-0.39, 0.29) is 18.0 Å². The van der Waals surface area contributed by atoms with Crippen LogP contribution in [0.3, 0.4) is 0 Å². The Hall–Kier alpha value is -1.60. The van der Waals surface area contributed by atoms with Crippen molar-refractivity contribution in [3.8, 4) is 0 Å². The average molecular weight is 397 g/mol. The summed E-state index contributed by atoms with van der Waals surface area (Å²) in [5, 5.41) is 3.48. The van der Waals surface area contributed by atoms with E-state index in [0.717, 1.165) is 38.4 Å². The van der Waals surface area contributed by atoms with Crippen molar-refractivity contribution < 1.29 is 18.0 Å². The summed E-state index contributed by atoms with van der Waals surface area (Å²) in [5.74, 6) is 1.01. The minimum absolute atomic E-state index is 0.243. The molecule has 1 aromatic carbocycles. The zero-order valence-corrected chi connectivity index (χ0v) is 16.5. The molecule has 7 heteroatoms. The number of carbonyl (C=O) groups excluding carboxylic acids is 1. The molecule has 0 unspecified atom stereocenters. The van der Waals surface area contributed by atoms with Crippen LogP contribution < -0.4 is 11.1 Å². The van der Waals surface area contributed by atoms with Crippen LogP contribution in [0, 0.1) is 17.8 Å². The molecule has 0 aromatic heterocycles. The zero-order chi connectivity index (χ0) is 20.5. The number of nitrogens with one attached hydrogen (secondary N) is 1. The van der Waals surface area contributed by atoms with Gasteiger partial charge in [-0.05, 0) is 48.6 Å². The summed E-state index contributed by atoms with van der Waals surface area (Å²) < 4.78 is 38.8. The molecule has 1 heterocycles. The first-order valence-corrected chi connectivity index (χ1v) is 10.1. The second kappa shape index (κ2) is 8.41. The molecular weight excluding hydrogens is 367 g/mol. The summed E-state index contributed by atoms with van der Waals surface area (Å²) in [6.07, 6.45) is -1.49. The number of nitrogens with zero attached hydrogens (tertiary/aromatic N) is 1. The van der Waals surface area contributed by atoms with Gasteiger partial charge in [-0.3, -0.25) is 9.69 Å². The number of amides is 1. The summed E-state index contributed by atoms with van der Waals surface area (Å²) in [6.45, 7) is 6.40. The third-order valence-corrected chi connectivity index (χ3v) is 6.06. The summed E-state index contributed by atoms with van der Waals surface area (Å²) in [6, 6.07) is 5.51. The van der Waals surface area contributed by atoms with E-state index in [4.69, 9.17) is 5.73 Å². The molecule has 4 atom stereocenters. The van der Waals surface area contributed by atoms with Gasteiger partial charge in [-0.25, -0.2) is 0 Å². The molecule has 4 nitrogen and oxygen atoms in total. The Bertz CT molecular complexity index is 692. The van der Waals surface area contributed by atoms with E-state index in [9.17, 15) is 18.0 Å². The van der Waals surface area contributed by atoms with E-state index in [1.807, 2.05) is 0 Å². The SMILES string of the molecule is CC(C)C[C@H](N[C@H]1CC[C@@H]2CN(Cc3cccc(C(F)(F)F)c3)C[C@@H]21)C(N)=O. The molecule has 1 saturated heterocycles. The molecule has 28 heavy (non-hydrogen) atoms. The highest BCUT2D eigenvalue weighted by molar-refractivity contribution is 5.79. The van der Waals surface area contributed by atoms with Gasteiger partial charge in [-0.1, -0.05) is 32.0 Å². The maximum Gasteiger partial charge on any atom is 0.416 e. The van der Waals surface area contributed by atoms with Gasteiger partial charge in [0, 0.05) is 25.7 Å². The lowest BCUT2D eigenvalue weighted by molar-refractivity contribution is -0.137. The Morgan fingerprint density at radius 3 is 2.68 bits per heavy atom. The summed E-state index contributed by atoms with van der Waals surface area (Å²) >= 11 is 0. The topological polar surface area (TPSA) is 58.4 Å². The van der Waals surface area contributed by atoms with Gasteiger partial charge in [0.15, 0.2) is 0 Å². The number of fused-ring (bicyclic) bond motifs is 1. The first-order chi connectivity index (χ1) is 13.1. The first kappa shape index (κ1) is 21.1. The molecule has 1 saturated carbocycles. The van der Waals surface area contributed by atoms with Crippen molar-refractivity contribution in [3.63, 3.8) is 0 Å². The number of alkyl halides is 3. The van der Waals surface area contributed by atoms with Crippen LogP contribution in [0.4, 0.5) is 13.2 Å². The van der Waals surface area contributed by atoms with Gasteiger partial charge in [0.2, 0.25) is 5.91 Å². The van der Waals surface area contributed by atoms with E-state index in [0.29, 0.717) is 29.9 Å². The summed E-state index contributed by atoms with van der Waals surface area (Å²) in [4.78, 5) is 14.0. The first-order valence-electron chi connectivity index (χ1n) is 10.1. The molecule has 2 fully saturated rings. The van der Waals surface area contributed by atoms with Crippen molar-refractivity contribution in [2.24, 2.45) is 23.5 Å². The molecule has 3 N–H and O–H groups in total. The molecule has 1 amide bonds. The summed E-state index contributed by atoms with van der Waals surface area (Å²) in [7, 11) is 0. The van der Waals surface area contributed by atoms with Gasteiger partial charge >= 0.3 is 6.18 Å². The van der Waals surface area contributed by atoms with Crippen molar-refractivity contribution in [1.82, 2.24) is 10.2 Å². The van der Waals surface area contributed by atoms with Gasteiger partial charge in [-0.2, -0.15) is 13.2 Å². The second-order valence-corrected chi connectivity index (χ2v) is 8.75.